The standard InChI is InChI=1S/C17H20O3/c18-16(17(19)20)13-7-6-12-8-14(10-15(12)9-13)11-4-2-1-3-5-11/h6-7,9,11,14H,1-5,8,10H2,(H,19,20)/t14-/m1/s1. The molecule has 0 aliphatic heterocycles. The van der Waals surface area contributed by atoms with Crippen LogP contribution in [0.5, 0.6) is 0 Å². The molecule has 3 heteroatoms. The number of Topliss-reactive ketones (excluding diaryl/α,β-unsaturated/α-hetero) is 1. The number of ketones is 1. The first kappa shape index (κ1) is 13.3. The molecule has 0 heterocycles. The first-order valence-corrected chi connectivity index (χ1v) is 7.54. The van der Waals surface area contributed by atoms with Crippen molar-refractivity contribution in [3.63, 3.8) is 0 Å². The second-order valence-electron chi connectivity index (χ2n) is 6.18. The second-order valence-corrected chi connectivity index (χ2v) is 6.18. The molecule has 0 spiro atoms. The van der Waals surface area contributed by atoms with Gasteiger partial charge >= 0.3 is 5.97 Å². The van der Waals surface area contributed by atoms with Gasteiger partial charge in [-0.3, -0.25) is 4.79 Å². The molecule has 106 valence electrons. The minimum Gasteiger partial charge on any atom is -0.475 e. The Labute approximate surface area is 119 Å². The molecule has 2 aliphatic rings. The lowest BCUT2D eigenvalue weighted by Crippen LogP contribution is -2.18. The molecule has 0 radical (unpaired) electrons. The van der Waals surface area contributed by atoms with Gasteiger partial charge in [0.25, 0.3) is 5.78 Å². The Hall–Kier alpha value is -1.64. The van der Waals surface area contributed by atoms with E-state index in [0.29, 0.717) is 11.5 Å². The minimum absolute atomic E-state index is 0.320. The molecule has 3 rings (SSSR count). The van der Waals surface area contributed by atoms with Gasteiger partial charge in [-0.05, 0) is 41.9 Å². The molecule has 0 amide bonds. The monoisotopic (exact) mass is 272 g/mol. The third kappa shape index (κ3) is 2.49. The van der Waals surface area contributed by atoms with Crippen molar-refractivity contribution in [1.29, 1.82) is 0 Å². The number of hydrogen-bond donors (Lipinski definition) is 1. The number of rotatable bonds is 3. The van der Waals surface area contributed by atoms with Gasteiger partial charge in [-0.2, -0.15) is 0 Å². The van der Waals surface area contributed by atoms with Crippen LogP contribution in [0.25, 0.3) is 0 Å². The van der Waals surface area contributed by atoms with Gasteiger partial charge in [0.15, 0.2) is 0 Å². The quantitative estimate of drug-likeness (QED) is 0.679. The van der Waals surface area contributed by atoms with Gasteiger partial charge in [0.1, 0.15) is 0 Å². The van der Waals surface area contributed by atoms with Crippen LogP contribution in [0.2, 0.25) is 0 Å². The highest BCUT2D eigenvalue weighted by atomic mass is 16.4. The topological polar surface area (TPSA) is 54.4 Å². The molecule has 1 fully saturated rings. The third-order valence-electron chi connectivity index (χ3n) is 4.94. The van der Waals surface area contributed by atoms with E-state index < -0.39 is 11.8 Å². The fraction of sp³-hybridized carbons (Fsp3) is 0.529. The Kier molecular flexibility index (Phi) is 3.60. The summed E-state index contributed by atoms with van der Waals surface area (Å²) in [7, 11) is 0. The van der Waals surface area contributed by atoms with Gasteiger partial charge in [0, 0.05) is 5.56 Å². The molecule has 0 aromatic heterocycles. The van der Waals surface area contributed by atoms with E-state index in [1.807, 2.05) is 6.07 Å². The first-order chi connectivity index (χ1) is 9.65. The van der Waals surface area contributed by atoms with Gasteiger partial charge in [-0.25, -0.2) is 4.79 Å². The van der Waals surface area contributed by atoms with Crippen LogP contribution in [0.1, 0.15) is 53.6 Å². The number of carbonyl (C=O) groups is 2. The molecular weight excluding hydrogens is 252 g/mol. The maximum atomic E-state index is 11.5. The average molecular weight is 272 g/mol. The largest absolute Gasteiger partial charge is 0.475 e. The molecule has 20 heavy (non-hydrogen) atoms. The number of carboxylic acids is 1. The number of carbonyl (C=O) groups excluding carboxylic acids is 1. The lowest BCUT2D eigenvalue weighted by molar-refractivity contribution is -0.131. The van der Waals surface area contributed by atoms with Crippen LogP contribution in [-0.4, -0.2) is 16.9 Å². The molecule has 1 N–H and O–H groups in total. The Morgan fingerprint density at radius 3 is 2.35 bits per heavy atom. The molecule has 3 nitrogen and oxygen atoms in total. The molecule has 0 saturated heterocycles. The number of carboxylic acid groups (broad SMARTS) is 1. The van der Waals surface area contributed by atoms with E-state index in [2.05, 4.69) is 0 Å². The van der Waals surface area contributed by atoms with Crippen LogP contribution in [0.15, 0.2) is 18.2 Å². The van der Waals surface area contributed by atoms with Gasteiger partial charge < -0.3 is 5.11 Å². The van der Waals surface area contributed by atoms with Crippen molar-refractivity contribution in [1.82, 2.24) is 0 Å². The van der Waals surface area contributed by atoms with Crippen LogP contribution in [0.3, 0.4) is 0 Å². The summed E-state index contributed by atoms with van der Waals surface area (Å²) in [5.74, 6) is -0.657. The SMILES string of the molecule is O=C(O)C(=O)c1ccc2c(c1)C[C@H](C1CCCCC1)C2. The molecule has 0 unspecified atom stereocenters. The minimum atomic E-state index is -1.37. The van der Waals surface area contributed by atoms with E-state index in [9.17, 15) is 9.59 Å². The smallest absolute Gasteiger partial charge is 0.377 e. The molecule has 1 aromatic carbocycles. The Morgan fingerprint density at radius 1 is 0.950 bits per heavy atom. The van der Waals surface area contributed by atoms with Gasteiger partial charge in [-0.1, -0.05) is 44.2 Å². The number of aliphatic carboxylic acids is 1. The van der Waals surface area contributed by atoms with Crippen LogP contribution in [0.4, 0.5) is 0 Å². The number of hydrogen-bond acceptors (Lipinski definition) is 2. The van der Waals surface area contributed by atoms with Gasteiger partial charge in [0.05, 0.1) is 0 Å². The van der Waals surface area contributed by atoms with Crippen LogP contribution < -0.4 is 0 Å². The van der Waals surface area contributed by atoms with E-state index in [4.69, 9.17) is 5.11 Å². The first-order valence-electron chi connectivity index (χ1n) is 7.54. The van der Waals surface area contributed by atoms with E-state index in [1.54, 1.807) is 12.1 Å². The van der Waals surface area contributed by atoms with Crippen molar-refractivity contribution < 1.29 is 14.7 Å². The maximum absolute atomic E-state index is 11.5. The summed E-state index contributed by atoms with van der Waals surface area (Å²) in [6, 6.07) is 5.42. The van der Waals surface area contributed by atoms with Gasteiger partial charge in [-0.15, -0.1) is 0 Å². The van der Waals surface area contributed by atoms with Crippen LogP contribution >= 0.6 is 0 Å². The summed E-state index contributed by atoms with van der Waals surface area (Å²) in [4.78, 5) is 22.3. The molecule has 1 atom stereocenters. The second kappa shape index (κ2) is 5.39. The number of benzene rings is 1. The van der Waals surface area contributed by atoms with E-state index in [1.165, 1.54) is 43.2 Å². The Balaban J connectivity index is 1.76. The predicted molar refractivity (Wildman–Crippen MR) is 75.9 cm³/mol. The molecule has 1 aromatic rings. The zero-order valence-corrected chi connectivity index (χ0v) is 11.6. The normalized spacial score (nSPS) is 22.5. The van der Waals surface area contributed by atoms with Crippen molar-refractivity contribution in [2.75, 3.05) is 0 Å². The van der Waals surface area contributed by atoms with Gasteiger partial charge in [0.2, 0.25) is 0 Å². The molecule has 0 bridgehead atoms. The molecular formula is C17H20O3. The van der Waals surface area contributed by atoms with E-state index in [-0.39, 0.29) is 0 Å². The summed E-state index contributed by atoms with van der Waals surface area (Å²) in [5.41, 5.74) is 2.82. The fourth-order valence-corrected chi connectivity index (χ4v) is 3.86. The fourth-order valence-electron chi connectivity index (χ4n) is 3.86. The molecule has 1 saturated carbocycles. The predicted octanol–water partition coefficient (Wildman–Crippen LogP) is 3.25. The molecule has 2 aliphatic carbocycles. The Morgan fingerprint density at radius 2 is 1.65 bits per heavy atom. The van der Waals surface area contributed by atoms with E-state index >= 15 is 0 Å². The summed E-state index contributed by atoms with van der Waals surface area (Å²) in [6.45, 7) is 0. The number of fused-ring (bicyclic) bond motifs is 1. The lowest BCUT2D eigenvalue weighted by Gasteiger charge is -2.27. The summed E-state index contributed by atoms with van der Waals surface area (Å²) in [5, 5.41) is 8.79. The Bertz CT molecular complexity index is 541. The maximum Gasteiger partial charge on any atom is 0.377 e. The van der Waals surface area contributed by atoms with Crippen molar-refractivity contribution in [2.24, 2.45) is 11.8 Å². The average Bonchev–Trinajstić information content (AvgIpc) is 2.90. The summed E-state index contributed by atoms with van der Waals surface area (Å²) >= 11 is 0. The van der Waals surface area contributed by atoms with Crippen molar-refractivity contribution in [3.8, 4) is 0 Å². The zero-order valence-electron chi connectivity index (χ0n) is 11.6. The van der Waals surface area contributed by atoms with Crippen molar-refractivity contribution >= 4 is 11.8 Å². The van der Waals surface area contributed by atoms with Crippen LogP contribution in [0, 0.1) is 11.8 Å². The summed E-state index contributed by atoms with van der Waals surface area (Å²) < 4.78 is 0. The third-order valence-corrected chi connectivity index (χ3v) is 4.94. The highest BCUT2D eigenvalue weighted by Gasteiger charge is 2.30. The lowest BCUT2D eigenvalue weighted by atomic mass is 9.79. The highest BCUT2D eigenvalue weighted by molar-refractivity contribution is 6.39. The highest BCUT2D eigenvalue weighted by Crippen LogP contribution is 2.38. The van der Waals surface area contributed by atoms with Crippen molar-refractivity contribution in [2.45, 2.75) is 44.9 Å². The van der Waals surface area contributed by atoms with Crippen LogP contribution in [-0.2, 0) is 17.6 Å². The van der Waals surface area contributed by atoms with E-state index in [0.717, 1.165) is 18.8 Å². The van der Waals surface area contributed by atoms with Crippen molar-refractivity contribution in [3.05, 3.63) is 34.9 Å². The summed E-state index contributed by atoms with van der Waals surface area (Å²) in [6.07, 6.45) is 8.84. The zero-order chi connectivity index (χ0) is 14.1.